The number of hydrogen-bond acceptors (Lipinski definition) is 5. The fourth-order valence-corrected chi connectivity index (χ4v) is 4.03. The molecule has 118 valence electrons. The number of halogens is 1. The molecule has 1 aliphatic rings. The number of esters is 1. The van der Waals surface area contributed by atoms with Gasteiger partial charge in [0.25, 0.3) is 0 Å². The van der Waals surface area contributed by atoms with Crippen LogP contribution in [0.25, 0.3) is 0 Å². The Morgan fingerprint density at radius 3 is 2.67 bits per heavy atom. The molecule has 0 aliphatic carbocycles. The minimum absolute atomic E-state index is 0. The van der Waals surface area contributed by atoms with Crippen molar-refractivity contribution in [2.75, 3.05) is 26.7 Å². The van der Waals surface area contributed by atoms with E-state index in [1.165, 1.54) is 23.5 Å². The summed E-state index contributed by atoms with van der Waals surface area (Å²) in [4.78, 5) is 11.7. The van der Waals surface area contributed by atoms with Crippen molar-refractivity contribution in [3.8, 4) is 0 Å². The van der Waals surface area contributed by atoms with Gasteiger partial charge < -0.3 is 10.5 Å². The summed E-state index contributed by atoms with van der Waals surface area (Å²) in [6.07, 6.45) is 0.746. The van der Waals surface area contributed by atoms with Gasteiger partial charge in [0.1, 0.15) is 0 Å². The molecule has 1 aromatic carbocycles. The van der Waals surface area contributed by atoms with Crippen LogP contribution in [0.1, 0.15) is 16.8 Å². The number of nitrogens with zero attached hydrogens (tertiary/aromatic N) is 1. The minimum atomic E-state index is -3.69. The Labute approximate surface area is 130 Å². The third-order valence-electron chi connectivity index (χ3n) is 3.49. The number of carbonyl (C=O) groups excluding carboxylic acids is 1. The Bertz CT molecular complexity index is 606. The Morgan fingerprint density at radius 1 is 1.43 bits per heavy atom. The number of sulfonamides is 1. The van der Waals surface area contributed by atoms with Crippen LogP contribution in [0.5, 0.6) is 0 Å². The lowest BCUT2D eigenvalue weighted by Gasteiger charge is -2.18. The van der Waals surface area contributed by atoms with E-state index in [0.717, 1.165) is 6.42 Å². The second kappa shape index (κ2) is 7.22. The first-order valence-electron chi connectivity index (χ1n) is 6.38. The zero-order chi connectivity index (χ0) is 14.8. The molecule has 0 radical (unpaired) electrons. The predicted molar refractivity (Wildman–Crippen MR) is 80.9 cm³/mol. The van der Waals surface area contributed by atoms with Crippen molar-refractivity contribution in [3.63, 3.8) is 0 Å². The summed E-state index contributed by atoms with van der Waals surface area (Å²) in [5.41, 5.74) is 5.64. The molecule has 8 heteroatoms. The zero-order valence-electron chi connectivity index (χ0n) is 11.7. The van der Waals surface area contributed by atoms with Crippen molar-refractivity contribution in [1.82, 2.24) is 4.31 Å². The van der Waals surface area contributed by atoms with Gasteiger partial charge in [0.15, 0.2) is 0 Å². The molecule has 0 bridgehead atoms. The van der Waals surface area contributed by atoms with E-state index in [-0.39, 0.29) is 28.8 Å². The van der Waals surface area contributed by atoms with Crippen LogP contribution in [0.4, 0.5) is 0 Å². The molecule has 0 spiro atoms. The molecular weight excluding hydrogens is 316 g/mol. The predicted octanol–water partition coefficient (Wildman–Crippen LogP) is 0.864. The Morgan fingerprint density at radius 2 is 2.10 bits per heavy atom. The molecule has 0 saturated carbocycles. The van der Waals surface area contributed by atoms with Gasteiger partial charge >= 0.3 is 5.97 Å². The summed E-state index contributed by atoms with van der Waals surface area (Å²) in [5, 5.41) is 0. The molecule has 1 heterocycles. The van der Waals surface area contributed by atoms with Crippen molar-refractivity contribution < 1.29 is 17.9 Å². The molecule has 0 amide bonds. The molecular formula is C13H19ClN2O4S. The van der Waals surface area contributed by atoms with Gasteiger partial charge in [-0.25, -0.2) is 13.2 Å². The maximum absolute atomic E-state index is 12.6. The smallest absolute Gasteiger partial charge is 0.339 e. The average molecular weight is 335 g/mol. The lowest BCUT2D eigenvalue weighted by Crippen LogP contribution is -2.31. The van der Waals surface area contributed by atoms with Gasteiger partial charge in [-0.15, -0.1) is 12.4 Å². The second-order valence-corrected chi connectivity index (χ2v) is 6.65. The number of hydrogen-bond donors (Lipinski definition) is 1. The van der Waals surface area contributed by atoms with E-state index >= 15 is 0 Å². The lowest BCUT2D eigenvalue weighted by atomic mass is 10.1. The number of benzene rings is 1. The van der Waals surface area contributed by atoms with Gasteiger partial charge in [-0.2, -0.15) is 4.31 Å². The maximum atomic E-state index is 12.6. The summed E-state index contributed by atoms with van der Waals surface area (Å²) in [7, 11) is -2.46. The van der Waals surface area contributed by atoms with Gasteiger partial charge in [-0.1, -0.05) is 12.1 Å². The van der Waals surface area contributed by atoms with Crippen LogP contribution in [0, 0.1) is 5.92 Å². The van der Waals surface area contributed by atoms with Crippen LogP contribution in [-0.4, -0.2) is 45.4 Å². The van der Waals surface area contributed by atoms with Gasteiger partial charge in [-0.05, 0) is 31.0 Å². The maximum Gasteiger partial charge on any atom is 0.339 e. The summed E-state index contributed by atoms with van der Waals surface area (Å²) in [6.45, 7) is 1.29. The molecule has 2 N–H and O–H groups in total. The van der Waals surface area contributed by atoms with Gasteiger partial charge in [0.05, 0.1) is 17.6 Å². The number of nitrogens with two attached hydrogens (primary N) is 1. The quantitative estimate of drug-likeness (QED) is 0.825. The molecule has 1 saturated heterocycles. The number of carbonyl (C=O) groups is 1. The Balaban J connectivity index is 0.00000220. The highest BCUT2D eigenvalue weighted by molar-refractivity contribution is 7.89. The van der Waals surface area contributed by atoms with Gasteiger partial charge in [0, 0.05) is 13.1 Å². The standard InChI is InChI=1S/C13H18N2O4S.ClH/c1-19-13(16)11-4-2-3-5-12(11)20(17,18)15-7-6-10(8-14)9-15;/h2-5,10H,6-9,14H2,1H3;1H. The zero-order valence-corrected chi connectivity index (χ0v) is 13.3. The van der Waals surface area contributed by atoms with E-state index in [1.807, 2.05) is 0 Å². The van der Waals surface area contributed by atoms with Crippen molar-refractivity contribution in [3.05, 3.63) is 29.8 Å². The summed E-state index contributed by atoms with van der Waals surface area (Å²) < 4.78 is 31.2. The first-order valence-corrected chi connectivity index (χ1v) is 7.82. The number of rotatable bonds is 4. The third-order valence-corrected chi connectivity index (χ3v) is 5.42. The SMILES string of the molecule is COC(=O)c1ccccc1S(=O)(=O)N1CCC(CN)C1.Cl. The van der Waals surface area contributed by atoms with E-state index in [4.69, 9.17) is 5.73 Å². The Hall–Kier alpha value is -1.15. The van der Waals surface area contributed by atoms with Crippen molar-refractivity contribution >= 4 is 28.4 Å². The average Bonchev–Trinajstić information content (AvgIpc) is 2.96. The third kappa shape index (κ3) is 3.55. The van der Waals surface area contributed by atoms with Crippen LogP contribution < -0.4 is 5.73 Å². The van der Waals surface area contributed by atoms with Crippen molar-refractivity contribution in [2.45, 2.75) is 11.3 Å². The van der Waals surface area contributed by atoms with E-state index in [9.17, 15) is 13.2 Å². The lowest BCUT2D eigenvalue weighted by molar-refractivity contribution is 0.0596. The topological polar surface area (TPSA) is 89.7 Å². The van der Waals surface area contributed by atoms with Crippen molar-refractivity contribution in [1.29, 1.82) is 0 Å². The monoisotopic (exact) mass is 334 g/mol. The van der Waals surface area contributed by atoms with Crippen molar-refractivity contribution in [2.24, 2.45) is 11.7 Å². The molecule has 1 atom stereocenters. The second-order valence-electron chi connectivity index (χ2n) is 4.74. The Kier molecular flexibility index (Phi) is 6.15. The molecule has 1 aromatic rings. The van der Waals surface area contributed by atoms with Crippen LogP contribution in [0.2, 0.25) is 0 Å². The van der Waals surface area contributed by atoms with Crippen LogP contribution >= 0.6 is 12.4 Å². The summed E-state index contributed by atoms with van der Waals surface area (Å²) >= 11 is 0. The van der Waals surface area contributed by atoms with Crippen LogP contribution in [0.3, 0.4) is 0 Å². The molecule has 6 nitrogen and oxygen atoms in total. The number of methoxy groups -OCH3 is 1. The first-order chi connectivity index (χ1) is 9.50. The molecule has 1 unspecified atom stereocenters. The van der Waals surface area contributed by atoms with Gasteiger partial charge in [-0.3, -0.25) is 0 Å². The fraction of sp³-hybridized carbons (Fsp3) is 0.462. The highest BCUT2D eigenvalue weighted by Gasteiger charge is 2.34. The molecule has 0 aromatic heterocycles. The summed E-state index contributed by atoms with van der Waals surface area (Å²) in [6, 6.07) is 6.08. The highest BCUT2D eigenvalue weighted by atomic mass is 35.5. The summed E-state index contributed by atoms with van der Waals surface area (Å²) in [5.74, 6) is -0.478. The molecule has 1 fully saturated rings. The van der Waals surface area contributed by atoms with E-state index in [1.54, 1.807) is 12.1 Å². The van der Waals surface area contributed by atoms with Gasteiger partial charge in [0.2, 0.25) is 10.0 Å². The minimum Gasteiger partial charge on any atom is -0.465 e. The van der Waals surface area contributed by atoms with E-state index < -0.39 is 16.0 Å². The first kappa shape index (κ1) is 17.9. The number of ether oxygens (including phenoxy) is 1. The van der Waals surface area contributed by atoms with Crippen LogP contribution in [-0.2, 0) is 14.8 Å². The molecule has 21 heavy (non-hydrogen) atoms. The molecule has 2 rings (SSSR count). The fourth-order valence-electron chi connectivity index (χ4n) is 2.32. The highest BCUT2D eigenvalue weighted by Crippen LogP contribution is 2.26. The van der Waals surface area contributed by atoms with Crippen LogP contribution in [0.15, 0.2) is 29.2 Å². The van der Waals surface area contributed by atoms with E-state index in [2.05, 4.69) is 4.74 Å². The van der Waals surface area contributed by atoms with E-state index in [0.29, 0.717) is 19.6 Å². The molecule has 1 aliphatic heterocycles. The normalized spacial score (nSPS) is 19.0. The largest absolute Gasteiger partial charge is 0.465 e.